The van der Waals surface area contributed by atoms with Crippen LogP contribution in [-0.4, -0.2) is 36.9 Å². The molecule has 2 amide bonds. The molecule has 0 aliphatic heterocycles. The Kier molecular flexibility index (Phi) is 6.44. The lowest BCUT2D eigenvalue weighted by atomic mass is 10.1. The molecule has 1 aromatic rings. The number of amides is 2. The third kappa shape index (κ3) is 4.50. The quantitative estimate of drug-likeness (QED) is 0.879. The van der Waals surface area contributed by atoms with E-state index >= 15 is 0 Å². The molecule has 7 heteroatoms. The first-order valence-corrected chi connectivity index (χ1v) is 5.40. The molecule has 0 aliphatic rings. The highest BCUT2D eigenvalue weighted by Gasteiger charge is 2.15. The van der Waals surface area contributed by atoms with E-state index in [0.717, 1.165) is 6.07 Å². The van der Waals surface area contributed by atoms with Crippen molar-refractivity contribution >= 4 is 29.9 Å². The molecule has 1 aromatic carbocycles. The molecule has 0 unspecified atom stereocenters. The summed E-state index contributed by atoms with van der Waals surface area (Å²) in [6.07, 6.45) is 0. The highest BCUT2D eigenvalue weighted by molar-refractivity contribution is 5.98. The van der Waals surface area contributed by atoms with Crippen LogP contribution < -0.4 is 11.1 Å². The molecule has 5 nitrogen and oxygen atoms in total. The van der Waals surface area contributed by atoms with Crippen LogP contribution in [0.25, 0.3) is 0 Å². The summed E-state index contributed by atoms with van der Waals surface area (Å²) in [6.45, 7) is 1.53. The van der Waals surface area contributed by atoms with Crippen molar-refractivity contribution in [3.63, 3.8) is 0 Å². The minimum Gasteiger partial charge on any atom is -0.345 e. The molecule has 0 saturated heterocycles. The van der Waals surface area contributed by atoms with Gasteiger partial charge < -0.3 is 16.0 Å². The fourth-order valence-electron chi connectivity index (χ4n) is 1.26. The predicted octanol–water partition coefficient (Wildman–Crippen LogP) is 1.23. The Bertz CT molecular complexity index is 478. The summed E-state index contributed by atoms with van der Waals surface area (Å²) in [5.74, 6) is -1.50. The first kappa shape index (κ1) is 17.3. The van der Waals surface area contributed by atoms with Crippen molar-refractivity contribution in [3.8, 4) is 0 Å². The Morgan fingerprint density at radius 1 is 1.37 bits per heavy atom. The first-order valence-electron chi connectivity index (χ1n) is 5.40. The SMILES string of the molecule is C[C@@H](N)C(=O)Nc1ccc(F)c(C(=O)N(C)C)c1.Cl. The number of nitrogens with zero attached hydrogens (tertiary/aromatic N) is 1. The lowest BCUT2D eigenvalue weighted by molar-refractivity contribution is -0.117. The van der Waals surface area contributed by atoms with Gasteiger partial charge in [0, 0.05) is 19.8 Å². The van der Waals surface area contributed by atoms with E-state index in [9.17, 15) is 14.0 Å². The molecule has 0 spiro atoms. The number of nitrogens with two attached hydrogens (primary N) is 1. The number of hydrogen-bond acceptors (Lipinski definition) is 3. The van der Waals surface area contributed by atoms with Crippen LogP contribution in [0.2, 0.25) is 0 Å². The average molecular weight is 290 g/mol. The number of hydrogen-bond donors (Lipinski definition) is 2. The number of anilines is 1. The number of carbonyl (C=O) groups is 2. The highest BCUT2D eigenvalue weighted by Crippen LogP contribution is 2.16. The Balaban J connectivity index is 0.00000324. The largest absolute Gasteiger partial charge is 0.345 e. The standard InChI is InChI=1S/C12H16FN3O2.ClH/c1-7(14)11(17)15-8-4-5-10(13)9(6-8)12(18)16(2)3;/h4-7H,14H2,1-3H3,(H,15,17);1H/t7-;/m1./s1. The van der Waals surface area contributed by atoms with Gasteiger partial charge in [-0.15, -0.1) is 12.4 Å². The zero-order valence-corrected chi connectivity index (χ0v) is 11.8. The van der Waals surface area contributed by atoms with Gasteiger partial charge >= 0.3 is 0 Å². The van der Waals surface area contributed by atoms with Crippen molar-refractivity contribution in [1.29, 1.82) is 0 Å². The summed E-state index contributed by atoms with van der Waals surface area (Å²) in [4.78, 5) is 24.3. The normalized spacial score (nSPS) is 11.2. The molecule has 0 saturated carbocycles. The average Bonchev–Trinajstić information content (AvgIpc) is 2.30. The summed E-state index contributed by atoms with van der Waals surface area (Å²) in [6, 6.07) is 3.12. The lowest BCUT2D eigenvalue weighted by Crippen LogP contribution is -2.32. The van der Waals surface area contributed by atoms with Crippen molar-refractivity contribution in [2.45, 2.75) is 13.0 Å². The van der Waals surface area contributed by atoms with Gasteiger partial charge in [-0.3, -0.25) is 9.59 Å². The van der Waals surface area contributed by atoms with Gasteiger partial charge in [-0.05, 0) is 25.1 Å². The number of benzene rings is 1. The van der Waals surface area contributed by atoms with E-state index in [1.165, 1.54) is 38.1 Å². The molecule has 19 heavy (non-hydrogen) atoms. The Hall–Kier alpha value is -1.66. The van der Waals surface area contributed by atoms with Crippen molar-refractivity contribution in [2.75, 3.05) is 19.4 Å². The molecule has 106 valence electrons. The van der Waals surface area contributed by atoms with Crippen LogP contribution in [0.4, 0.5) is 10.1 Å². The predicted molar refractivity (Wildman–Crippen MR) is 73.9 cm³/mol. The van der Waals surface area contributed by atoms with Crippen LogP contribution in [0, 0.1) is 5.82 Å². The van der Waals surface area contributed by atoms with Crippen LogP contribution in [0.15, 0.2) is 18.2 Å². The number of halogens is 2. The zero-order chi connectivity index (χ0) is 13.9. The van der Waals surface area contributed by atoms with E-state index in [0.29, 0.717) is 5.69 Å². The molecule has 3 N–H and O–H groups in total. The maximum atomic E-state index is 13.5. The minimum absolute atomic E-state index is 0. The van der Waals surface area contributed by atoms with Gasteiger partial charge in [-0.2, -0.15) is 0 Å². The minimum atomic E-state index is -0.678. The van der Waals surface area contributed by atoms with Crippen molar-refractivity contribution in [2.24, 2.45) is 5.73 Å². The molecule has 0 radical (unpaired) electrons. The summed E-state index contributed by atoms with van der Waals surface area (Å²) in [5.41, 5.74) is 5.64. The van der Waals surface area contributed by atoms with E-state index < -0.39 is 23.7 Å². The van der Waals surface area contributed by atoms with E-state index in [4.69, 9.17) is 5.73 Å². The molecule has 1 atom stereocenters. The highest BCUT2D eigenvalue weighted by atomic mass is 35.5. The fraction of sp³-hybridized carbons (Fsp3) is 0.333. The van der Waals surface area contributed by atoms with Crippen LogP contribution in [0.3, 0.4) is 0 Å². The second-order valence-corrected chi connectivity index (χ2v) is 4.17. The summed E-state index contributed by atoms with van der Waals surface area (Å²) >= 11 is 0. The van der Waals surface area contributed by atoms with Gasteiger partial charge in [0.25, 0.3) is 5.91 Å². The molecular weight excluding hydrogens is 273 g/mol. The van der Waals surface area contributed by atoms with E-state index in [2.05, 4.69) is 5.32 Å². The summed E-state index contributed by atoms with van der Waals surface area (Å²) in [7, 11) is 3.05. The molecular formula is C12H17ClFN3O2. The lowest BCUT2D eigenvalue weighted by Gasteiger charge is -2.13. The molecule has 0 aliphatic carbocycles. The Morgan fingerprint density at radius 2 is 1.95 bits per heavy atom. The van der Waals surface area contributed by atoms with E-state index in [1.807, 2.05) is 0 Å². The monoisotopic (exact) mass is 289 g/mol. The molecule has 1 rings (SSSR count). The third-order valence-corrected chi connectivity index (χ3v) is 2.28. The molecule has 0 heterocycles. The van der Waals surface area contributed by atoms with Crippen molar-refractivity contribution in [3.05, 3.63) is 29.6 Å². The van der Waals surface area contributed by atoms with Gasteiger partial charge in [0.15, 0.2) is 0 Å². The first-order chi connectivity index (χ1) is 8.32. The van der Waals surface area contributed by atoms with Gasteiger partial charge in [-0.1, -0.05) is 0 Å². The number of carbonyl (C=O) groups excluding carboxylic acids is 2. The Morgan fingerprint density at radius 3 is 2.42 bits per heavy atom. The number of nitrogens with one attached hydrogen (secondary N) is 1. The third-order valence-electron chi connectivity index (χ3n) is 2.28. The zero-order valence-electron chi connectivity index (χ0n) is 10.9. The van der Waals surface area contributed by atoms with Gasteiger partial charge in [0.2, 0.25) is 5.91 Å². The number of rotatable bonds is 3. The fourth-order valence-corrected chi connectivity index (χ4v) is 1.26. The van der Waals surface area contributed by atoms with Crippen LogP contribution in [0.5, 0.6) is 0 Å². The summed E-state index contributed by atoms with van der Waals surface area (Å²) in [5, 5.41) is 2.50. The second kappa shape index (κ2) is 7.06. The topological polar surface area (TPSA) is 75.4 Å². The Labute approximate surface area is 117 Å². The molecule has 0 aromatic heterocycles. The van der Waals surface area contributed by atoms with Crippen LogP contribution in [0.1, 0.15) is 17.3 Å². The maximum absolute atomic E-state index is 13.5. The molecule has 0 fully saturated rings. The van der Waals surface area contributed by atoms with Crippen molar-refractivity contribution in [1.82, 2.24) is 4.90 Å². The second-order valence-electron chi connectivity index (χ2n) is 4.17. The maximum Gasteiger partial charge on any atom is 0.256 e. The van der Waals surface area contributed by atoms with Crippen LogP contribution >= 0.6 is 12.4 Å². The van der Waals surface area contributed by atoms with Gasteiger partial charge in [-0.25, -0.2) is 4.39 Å². The summed E-state index contributed by atoms with van der Waals surface area (Å²) < 4.78 is 13.5. The van der Waals surface area contributed by atoms with E-state index in [-0.39, 0.29) is 18.0 Å². The van der Waals surface area contributed by atoms with Crippen molar-refractivity contribution < 1.29 is 14.0 Å². The van der Waals surface area contributed by atoms with Crippen LogP contribution in [-0.2, 0) is 4.79 Å². The van der Waals surface area contributed by atoms with Gasteiger partial charge in [0.1, 0.15) is 5.82 Å². The molecule has 0 bridgehead atoms. The van der Waals surface area contributed by atoms with Gasteiger partial charge in [0.05, 0.1) is 11.6 Å². The van der Waals surface area contributed by atoms with E-state index in [1.54, 1.807) is 0 Å². The smallest absolute Gasteiger partial charge is 0.256 e.